The van der Waals surface area contributed by atoms with Crippen LogP contribution in [0.4, 0.5) is 0 Å². The second-order valence-corrected chi connectivity index (χ2v) is 11.3. The molecule has 28 heavy (non-hydrogen) atoms. The van der Waals surface area contributed by atoms with E-state index >= 15 is 0 Å². The van der Waals surface area contributed by atoms with E-state index in [-0.39, 0.29) is 29.7 Å². The molecule has 3 atom stereocenters. The van der Waals surface area contributed by atoms with Crippen LogP contribution < -0.4 is 9.47 Å². The highest BCUT2D eigenvalue weighted by Crippen LogP contribution is 2.64. The van der Waals surface area contributed by atoms with E-state index in [0.29, 0.717) is 31.8 Å². The van der Waals surface area contributed by atoms with Crippen molar-refractivity contribution in [2.45, 2.75) is 45.4 Å². The lowest BCUT2D eigenvalue weighted by Gasteiger charge is -2.37. The first-order valence-corrected chi connectivity index (χ1v) is 11.7. The molecule has 2 saturated carbocycles. The molecule has 7 heteroatoms. The molecule has 2 aliphatic heterocycles. The van der Waals surface area contributed by atoms with Crippen molar-refractivity contribution in [2.24, 2.45) is 16.7 Å². The molecule has 6 nitrogen and oxygen atoms in total. The summed E-state index contributed by atoms with van der Waals surface area (Å²) in [6.45, 7) is 5.39. The van der Waals surface area contributed by atoms with Crippen molar-refractivity contribution >= 4 is 15.8 Å². The van der Waals surface area contributed by atoms with Crippen molar-refractivity contribution in [2.75, 3.05) is 25.6 Å². The minimum Gasteiger partial charge on any atom is -0.454 e. The van der Waals surface area contributed by atoms with Crippen molar-refractivity contribution in [3.8, 4) is 11.5 Å². The number of sulfonamides is 1. The van der Waals surface area contributed by atoms with E-state index in [0.717, 1.165) is 29.9 Å². The highest BCUT2D eigenvalue weighted by atomic mass is 32.2. The molecule has 0 aromatic heterocycles. The molecule has 0 N–H and O–H groups in total. The summed E-state index contributed by atoms with van der Waals surface area (Å²) >= 11 is 0. The fourth-order valence-corrected chi connectivity index (χ4v) is 8.20. The van der Waals surface area contributed by atoms with Gasteiger partial charge < -0.3 is 9.47 Å². The zero-order chi connectivity index (χ0) is 19.7. The van der Waals surface area contributed by atoms with Gasteiger partial charge in [0, 0.05) is 24.9 Å². The molecule has 0 spiro atoms. The van der Waals surface area contributed by atoms with Crippen molar-refractivity contribution in [1.29, 1.82) is 0 Å². The Kier molecular flexibility index (Phi) is 3.92. The van der Waals surface area contributed by atoms with Crippen LogP contribution in [0.25, 0.3) is 0 Å². The number of ketones is 1. The van der Waals surface area contributed by atoms with Crippen LogP contribution in [0.15, 0.2) is 18.2 Å². The van der Waals surface area contributed by atoms with Crippen molar-refractivity contribution in [1.82, 2.24) is 4.31 Å². The Balaban J connectivity index is 1.35. The molecule has 152 valence electrons. The number of nitrogens with zero attached hydrogens (tertiary/aromatic N) is 1. The number of hydrogen-bond donors (Lipinski definition) is 0. The monoisotopic (exact) mass is 405 g/mol. The third kappa shape index (κ3) is 2.48. The number of carbonyl (C=O) groups excluding carboxylic acids is 1. The largest absolute Gasteiger partial charge is 0.454 e. The predicted molar refractivity (Wildman–Crippen MR) is 104 cm³/mol. The van der Waals surface area contributed by atoms with Gasteiger partial charge in [0.15, 0.2) is 11.5 Å². The van der Waals surface area contributed by atoms with Gasteiger partial charge in [-0.15, -0.1) is 0 Å². The average Bonchev–Trinajstić information content (AvgIpc) is 3.38. The van der Waals surface area contributed by atoms with Gasteiger partial charge in [0.05, 0.1) is 5.75 Å². The lowest BCUT2D eigenvalue weighted by atomic mass is 9.70. The fourth-order valence-electron chi connectivity index (χ4n) is 5.93. The summed E-state index contributed by atoms with van der Waals surface area (Å²) in [5, 5.41) is 0. The number of carbonyl (C=O) groups is 1. The first-order chi connectivity index (χ1) is 13.2. The molecule has 2 heterocycles. The number of fused-ring (bicyclic) bond motifs is 3. The Hall–Kier alpha value is -1.60. The molecule has 4 aliphatic rings. The van der Waals surface area contributed by atoms with Gasteiger partial charge >= 0.3 is 0 Å². The minimum atomic E-state index is -3.49. The van der Waals surface area contributed by atoms with Crippen LogP contribution in [-0.2, 0) is 14.8 Å². The topological polar surface area (TPSA) is 72.9 Å². The summed E-state index contributed by atoms with van der Waals surface area (Å²) in [5.41, 5.74) is 0.152. The molecule has 0 radical (unpaired) electrons. The van der Waals surface area contributed by atoms with Crippen LogP contribution in [0.3, 0.4) is 0 Å². The van der Waals surface area contributed by atoms with Crippen LogP contribution in [0.1, 0.15) is 51.0 Å². The van der Waals surface area contributed by atoms with Gasteiger partial charge in [-0.3, -0.25) is 4.79 Å². The summed E-state index contributed by atoms with van der Waals surface area (Å²) in [4.78, 5) is 12.8. The van der Waals surface area contributed by atoms with Crippen LogP contribution in [0.2, 0.25) is 0 Å². The third-order valence-electron chi connectivity index (χ3n) is 7.98. The maximum absolute atomic E-state index is 13.3. The van der Waals surface area contributed by atoms with E-state index in [4.69, 9.17) is 9.47 Å². The quantitative estimate of drug-likeness (QED) is 0.770. The molecular formula is C21H27NO5S. The number of benzene rings is 1. The Labute approximate surface area is 166 Å². The van der Waals surface area contributed by atoms with E-state index in [1.807, 2.05) is 18.2 Å². The highest BCUT2D eigenvalue weighted by Gasteiger charge is 2.65. The highest BCUT2D eigenvalue weighted by molar-refractivity contribution is 7.89. The predicted octanol–water partition coefficient (Wildman–Crippen LogP) is 2.93. The summed E-state index contributed by atoms with van der Waals surface area (Å²) in [6.07, 6.45) is 3.00. The summed E-state index contributed by atoms with van der Waals surface area (Å²) in [7, 11) is -3.49. The lowest BCUT2D eigenvalue weighted by Crippen LogP contribution is -2.46. The van der Waals surface area contributed by atoms with E-state index in [1.165, 1.54) is 0 Å². The minimum absolute atomic E-state index is 0.0316. The number of ether oxygens (including phenoxy) is 2. The van der Waals surface area contributed by atoms with E-state index in [9.17, 15) is 13.2 Å². The number of hydrogen-bond acceptors (Lipinski definition) is 5. The standard InChI is InChI=1S/C21H27NO5S/c1-20(2)16-5-7-21(20,19(23)10-16)12-28(24,25)22-8-6-15(11-22)14-3-4-17-18(9-14)27-13-26-17/h3-4,9,15-16H,5-8,10-13H2,1-2H3/t15-,16+,21-/m1/s1. The van der Waals surface area contributed by atoms with Gasteiger partial charge in [0.2, 0.25) is 16.8 Å². The fraction of sp³-hybridized carbons (Fsp3) is 0.667. The van der Waals surface area contributed by atoms with Crippen molar-refractivity contribution in [3.05, 3.63) is 23.8 Å². The molecule has 1 aromatic rings. The normalized spacial score (nSPS) is 33.7. The first kappa shape index (κ1) is 18.4. The molecule has 0 unspecified atom stereocenters. The molecule has 1 aromatic carbocycles. The Morgan fingerprint density at radius 1 is 1.18 bits per heavy atom. The second-order valence-electron chi connectivity index (χ2n) is 9.38. The molecule has 5 rings (SSSR count). The smallest absolute Gasteiger partial charge is 0.231 e. The lowest BCUT2D eigenvalue weighted by molar-refractivity contribution is -0.128. The molecule has 3 fully saturated rings. The van der Waals surface area contributed by atoms with E-state index < -0.39 is 15.4 Å². The van der Waals surface area contributed by atoms with Crippen LogP contribution in [0, 0.1) is 16.7 Å². The van der Waals surface area contributed by atoms with Gasteiger partial charge in [-0.1, -0.05) is 19.9 Å². The molecule has 2 aliphatic carbocycles. The number of Topliss-reactive ketones (excluding diaryl/α,β-unsaturated/α-hetero) is 1. The third-order valence-corrected chi connectivity index (χ3v) is 9.96. The zero-order valence-corrected chi connectivity index (χ0v) is 17.3. The van der Waals surface area contributed by atoms with Gasteiger partial charge in [0.25, 0.3) is 0 Å². The van der Waals surface area contributed by atoms with Gasteiger partial charge in [-0.2, -0.15) is 0 Å². The van der Waals surface area contributed by atoms with Gasteiger partial charge in [0.1, 0.15) is 5.78 Å². The van der Waals surface area contributed by atoms with Gasteiger partial charge in [-0.25, -0.2) is 12.7 Å². The molecule has 0 amide bonds. The Bertz CT molecular complexity index is 940. The van der Waals surface area contributed by atoms with Crippen LogP contribution in [0.5, 0.6) is 11.5 Å². The van der Waals surface area contributed by atoms with Crippen molar-refractivity contribution in [3.63, 3.8) is 0 Å². The van der Waals surface area contributed by atoms with Crippen LogP contribution in [-0.4, -0.2) is 44.1 Å². The summed E-state index contributed by atoms with van der Waals surface area (Å²) in [6, 6.07) is 5.86. The summed E-state index contributed by atoms with van der Waals surface area (Å²) in [5.74, 6) is 2.07. The Morgan fingerprint density at radius 3 is 2.68 bits per heavy atom. The second kappa shape index (κ2) is 5.95. The molecule has 1 saturated heterocycles. The maximum Gasteiger partial charge on any atom is 0.231 e. The van der Waals surface area contributed by atoms with Crippen molar-refractivity contribution < 1.29 is 22.7 Å². The van der Waals surface area contributed by atoms with E-state index in [1.54, 1.807) is 4.31 Å². The SMILES string of the molecule is CC1(C)[C@H]2CC[C@@]1(CS(=O)(=O)N1CC[C@@H](c3ccc4c(c3)OCO4)C1)C(=O)C2. The number of rotatable bonds is 4. The molecular weight excluding hydrogens is 378 g/mol. The van der Waals surface area contributed by atoms with Crippen LogP contribution >= 0.6 is 0 Å². The maximum atomic E-state index is 13.3. The zero-order valence-electron chi connectivity index (χ0n) is 16.4. The van der Waals surface area contributed by atoms with Gasteiger partial charge in [-0.05, 0) is 54.2 Å². The summed E-state index contributed by atoms with van der Waals surface area (Å²) < 4.78 is 39.0. The first-order valence-electron chi connectivity index (χ1n) is 10.1. The average molecular weight is 406 g/mol. The Morgan fingerprint density at radius 2 is 1.96 bits per heavy atom. The van der Waals surface area contributed by atoms with E-state index in [2.05, 4.69) is 13.8 Å². The molecule has 2 bridgehead atoms.